The van der Waals surface area contributed by atoms with Gasteiger partial charge in [0.2, 0.25) is 0 Å². The van der Waals surface area contributed by atoms with E-state index in [1.54, 1.807) is 6.92 Å². The molecule has 0 saturated heterocycles. The maximum atomic E-state index is 10.6. The second-order valence-electron chi connectivity index (χ2n) is 2.73. The van der Waals surface area contributed by atoms with Gasteiger partial charge in [-0.15, -0.1) is 0 Å². The first-order valence-corrected chi connectivity index (χ1v) is 4.86. The van der Waals surface area contributed by atoms with Crippen molar-refractivity contribution in [2.45, 2.75) is 13.3 Å². The summed E-state index contributed by atoms with van der Waals surface area (Å²) in [6, 6.07) is 7.59. The number of hydrogen-bond donors (Lipinski definition) is 0. The number of Topliss-reactive ketones (excluding diaryl/α,β-unsaturated/α-hetero) is 1. The van der Waals surface area contributed by atoms with E-state index in [9.17, 15) is 4.79 Å². The topological polar surface area (TPSA) is 26.3 Å². The van der Waals surface area contributed by atoms with Crippen molar-refractivity contribution in [3.8, 4) is 5.75 Å². The Morgan fingerprint density at radius 1 is 1.46 bits per heavy atom. The minimum atomic E-state index is 0.145. The van der Waals surface area contributed by atoms with Crippen LogP contribution < -0.4 is 4.74 Å². The van der Waals surface area contributed by atoms with E-state index in [-0.39, 0.29) is 5.78 Å². The van der Waals surface area contributed by atoms with Crippen LogP contribution in [-0.2, 0) is 4.79 Å². The maximum absolute atomic E-state index is 10.6. The minimum absolute atomic E-state index is 0.145. The summed E-state index contributed by atoms with van der Waals surface area (Å²) in [6.45, 7) is 2.00. The van der Waals surface area contributed by atoms with Gasteiger partial charge in [0.05, 0.1) is 11.1 Å². The van der Waals surface area contributed by atoms with E-state index in [4.69, 9.17) is 4.74 Å². The van der Waals surface area contributed by atoms with Gasteiger partial charge in [0.25, 0.3) is 0 Å². The van der Waals surface area contributed by atoms with Crippen LogP contribution in [0.5, 0.6) is 5.75 Å². The van der Waals surface area contributed by atoms with Crippen LogP contribution in [0.4, 0.5) is 0 Å². The van der Waals surface area contributed by atoms with Crippen molar-refractivity contribution >= 4 is 21.7 Å². The highest BCUT2D eigenvalue weighted by Crippen LogP contribution is 2.23. The number of rotatable bonds is 4. The molecule has 0 fully saturated rings. The summed E-state index contributed by atoms with van der Waals surface area (Å²) < 4.78 is 6.30. The van der Waals surface area contributed by atoms with Crippen molar-refractivity contribution < 1.29 is 9.53 Å². The van der Waals surface area contributed by atoms with Crippen LogP contribution in [0, 0.1) is 0 Å². The normalized spacial score (nSPS) is 9.69. The summed E-state index contributed by atoms with van der Waals surface area (Å²) in [6.07, 6.45) is 0.460. The lowest BCUT2D eigenvalue weighted by atomic mass is 10.3. The Bertz CT molecular complexity index is 297. The van der Waals surface area contributed by atoms with Crippen molar-refractivity contribution in [3.05, 3.63) is 28.7 Å². The van der Waals surface area contributed by atoms with E-state index in [1.807, 2.05) is 24.3 Å². The summed E-state index contributed by atoms with van der Waals surface area (Å²) in [5, 5.41) is 0. The minimum Gasteiger partial charge on any atom is -0.492 e. The van der Waals surface area contributed by atoms with E-state index in [1.165, 1.54) is 0 Å². The molecule has 0 unspecified atom stereocenters. The van der Waals surface area contributed by atoms with Crippen LogP contribution >= 0.6 is 15.9 Å². The third-order valence-electron chi connectivity index (χ3n) is 1.55. The summed E-state index contributed by atoms with van der Waals surface area (Å²) >= 11 is 3.35. The molecule has 0 radical (unpaired) electrons. The molecule has 0 aromatic heterocycles. The van der Waals surface area contributed by atoms with Gasteiger partial charge in [0.1, 0.15) is 11.5 Å². The molecule has 0 aliphatic rings. The van der Waals surface area contributed by atoms with E-state index in [2.05, 4.69) is 15.9 Å². The second kappa shape index (κ2) is 5.02. The number of ether oxygens (including phenoxy) is 1. The number of carbonyl (C=O) groups excluding carboxylic acids is 1. The molecule has 0 saturated carbocycles. The fourth-order valence-corrected chi connectivity index (χ4v) is 1.27. The molecule has 0 heterocycles. The largest absolute Gasteiger partial charge is 0.492 e. The summed E-state index contributed by atoms with van der Waals surface area (Å²) in [7, 11) is 0. The predicted molar refractivity (Wildman–Crippen MR) is 54.9 cm³/mol. The van der Waals surface area contributed by atoms with Gasteiger partial charge >= 0.3 is 0 Å². The maximum Gasteiger partial charge on any atom is 0.133 e. The monoisotopic (exact) mass is 242 g/mol. The Balaban J connectivity index is 2.45. The SMILES string of the molecule is CC(=O)CCOc1ccccc1Br. The first kappa shape index (κ1) is 10.3. The molecule has 2 nitrogen and oxygen atoms in total. The molecule has 0 aliphatic carbocycles. The van der Waals surface area contributed by atoms with E-state index >= 15 is 0 Å². The highest BCUT2D eigenvalue weighted by molar-refractivity contribution is 9.10. The number of ketones is 1. The molecule has 1 aromatic carbocycles. The highest BCUT2D eigenvalue weighted by Gasteiger charge is 1.99. The van der Waals surface area contributed by atoms with E-state index < -0.39 is 0 Å². The summed E-state index contributed by atoms with van der Waals surface area (Å²) in [5.41, 5.74) is 0. The molecular formula is C10H11BrO2. The zero-order chi connectivity index (χ0) is 9.68. The van der Waals surface area contributed by atoms with Gasteiger partial charge in [-0.1, -0.05) is 12.1 Å². The molecule has 1 rings (SSSR count). The van der Waals surface area contributed by atoms with Crippen LogP contribution in [0.25, 0.3) is 0 Å². The first-order valence-electron chi connectivity index (χ1n) is 4.07. The fourth-order valence-electron chi connectivity index (χ4n) is 0.867. The van der Waals surface area contributed by atoms with Gasteiger partial charge in [-0.05, 0) is 35.0 Å². The predicted octanol–water partition coefficient (Wildman–Crippen LogP) is 2.81. The van der Waals surface area contributed by atoms with E-state index in [0.29, 0.717) is 13.0 Å². The second-order valence-corrected chi connectivity index (χ2v) is 3.59. The van der Waals surface area contributed by atoms with Crippen LogP contribution in [0.1, 0.15) is 13.3 Å². The lowest BCUT2D eigenvalue weighted by Crippen LogP contribution is -2.02. The Hall–Kier alpha value is -0.830. The zero-order valence-electron chi connectivity index (χ0n) is 7.42. The third-order valence-corrected chi connectivity index (χ3v) is 2.20. The number of halogens is 1. The Kier molecular flexibility index (Phi) is 3.96. The first-order chi connectivity index (χ1) is 6.20. The molecular weight excluding hydrogens is 232 g/mol. The van der Waals surface area contributed by atoms with Crippen molar-refractivity contribution in [2.75, 3.05) is 6.61 Å². The molecule has 0 atom stereocenters. The molecule has 3 heteroatoms. The smallest absolute Gasteiger partial charge is 0.133 e. The summed E-state index contributed by atoms with van der Waals surface area (Å²) in [4.78, 5) is 10.6. The van der Waals surface area contributed by atoms with Crippen molar-refractivity contribution in [1.82, 2.24) is 0 Å². The van der Waals surface area contributed by atoms with Crippen LogP contribution in [-0.4, -0.2) is 12.4 Å². The summed E-state index contributed by atoms with van der Waals surface area (Å²) in [5.74, 6) is 0.927. The van der Waals surface area contributed by atoms with Crippen LogP contribution in [0.15, 0.2) is 28.7 Å². The lowest BCUT2D eigenvalue weighted by molar-refractivity contribution is -0.117. The van der Waals surface area contributed by atoms with Crippen molar-refractivity contribution in [3.63, 3.8) is 0 Å². The van der Waals surface area contributed by atoms with Gasteiger partial charge < -0.3 is 4.74 Å². The molecule has 13 heavy (non-hydrogen) atoms. The number of hydrogen-bond acceptors (Lipinski definition) is 2. The number of benzene rings is 1. The standard InChI is InChI=1S/C10H11BrO2/c1-8(12)6-7-13-10-5-3-2-4-9(10)11/h2-5H,6-7H2,1H3. The number of para-hydroxylation sites is 1. The third kappa shape index (κ3) is 3.59. The number of carbonyl (C=O) groups is 1. The molecule has 0 aliphatic heterocycles. The average Bonchev–Trinajstić information content (AvgIpc) is 2.08. The van der Waals surface area contributed by atoms with Crippen LogP contribution in [0.2, 0.25) is 0 Å². The van der Waals surface area contributed by atoms with Crippen molar-refractivity contribution in [2.24, 2.45) is 0 Å². The highest BCUT2D eigenvalue weighted by atomic mass is 79.9. The molecule has 0 spiro atoms. The quantitative estimate of drug-likeness (QED) is 0.812. The Morgan fingerprint density at radius 2 is 2.15 bits per heavy atom. The van der Waals surface area contributed by atoms with Gasteiger partial charge in [0.15, 0.2) is 0 Å². The van der Waals surface area contributed by atoms with E-state index in [0.717, 1.165) is 10.2 Å². The van der Waals surface area contributed by atoms with Crippen LogP contribution in [0.3, 0.4) is 0 Å². The molecule has 1 aromatic rings. The van der Waals surface area contributed by atoms with Gasteiger partial charge in [0, 0.05) is 6.42 Å². The average molecular weight is 243 g/mol. The Labute approximate surface area is 86.0 Å². The van der Waals surface area contributed by atoms with Gasteiger partial charge in [-0.3, -0.25) is 4.79 Å². The van der Waals surface area contributed by atoms with Gasteiger partial charge in [-0.25, -0.2) is 0 Å². The fraction of sp³-hybridized carbons (Fsp3) is 0.300. The molecule has 70 valence electrons. The molecule has 0 amide bonds. The Morgan fingerprint density at radius 3 is 2.77 bits per heavy atom. The molecule has 0 N–H and O–H groups in total. The lowest BCUT2D eigenvalue weighted by Gasteiger charge is -2.05. The zero-order valence-corrected chi connectivity index (χ0v) is 9.00. The molecule has 0 bridgehead atoms. The van der Waals surface area contributed by atoms with Crippen molar-refractivity contribution in [1.29, 1.82) is 0 Å². The van der Waals surface area contributed by atoms with Gasteiger partial charge in [-0.2, -0.15) is 0 Å².